The molecule has 394 valence electrons. The van der Waals surface area contributed by atoms with Gasteiger partial charge in [-0.05, 0) is 36.4 Å². The number of hydrogen-bond donors (Lipinski definition) is 3. The first kappa shape index (κ1) is 55.4. The highest BCUT2D eigenvalue weighted by Gasteiger charge is 2.57. The second kappa shape index (κ2) is 25.7. The van der Waals surface area contributed by atoms with Crippen molar-refractivity contribution in [1.82, 2.24) is 0 Å². The Balaban J connectivity index is 1.35. The van der Waals surface area contributed by atoms with Gasteiger partial charge in [0.1, 0.15) is 49.8 Å². The van der Waals surface area contributed by atoms with Gasteiger partial charge < -0.3 is 76.9 Å². The third-order valence-corrected chi connectivity index (χ3v) is 11.1. The zero-order valence-electron chi connectivity index (χ0n) is 39.9. The van der Waals surface area contributed by atoms with Crippen molar-refractivity contribution in [3.05, 3.63) is 108 Å². The van der Waals surface area contributed by atoms with E-state index in [2.05, 4.69) is 0 Å². The van der Waals surface area contributed by atoms with Crippen molar-refractivity contribution in [2.75, 3.05) is 19.8 Å². The molecule has 0 bridgehead atoms. The molecule has 3 fully saturated rings. The van der Waals surface area contributed by atoms with Crippen LogP contribution >= 0.6 is 0 Å². The highest BCUT2D eigenvalue weighted by molar-refractivity contribution is 5.91. The topological polar surface area (TPSA) is 317 Å². The van der Waals surface area contributed by atoms with E-state index in [0.717, 1.165) is 34.6 Å². The minimum atomic E-state index is -2.19. The number of carbonyl (C=O) groups is 8. The van der Waals surface area contributed by atoms with Gasteiger partial charge in [-0.2, -0.15) is 0 Å². The van der Waals surface area contributed by atoms with Crippen LogP contribution in [0.3, 0.4) is 0 Å². The number of aliphatic hydroxyl groups is 3. The summed E-state index contributed by atoms with van der Waals surface area (Å²) < 4.78 is 74.6. The monoisotopic (exact) mass is 1030 g/mol. The molecule has 3 aliphatic rings. The molecule has 15 atom stereocenters. The van der Waals surface area contributed by atoms with E-state index in [1.54, 1.807) is 42.5 Å². The number of hydrogen-bond acceptors (Lipinski definition) is 24. The van der Waals surface area contributed by atoms with Crippen molar-refractivity contribution in [3.63, 3.8) is 0 Å². The number of rotatable bonds is 18. The van der Waals surface area contributed by atoms with Gasteiger partial charge in [-0.1, -0.05) is 54.6 Å². The zero-order chi connectivity index (χ0) is 52.9. The van der Waals surface area contributed by atoms with Crippen LogP contribution in [0.15, 0.2) is 91.0 Å². The fraction of sp³-hybridized carbons (Fsp3) is 0.469. The molecule has 3 saturated heterocycles. The second-order valence-electron chi connectivity index (χ2n) is 16.6. The van der Waals surface area contributed by atoms with Crippen LogP contribution in [0.2, 0.25) is 0 Å². The van der Waals surface area contributed by atoms with Crippen LogP contribution in [0, 0.1) is 0 Å². The third-order valence-electron chi connectivity index (χ3n) is 11.1. The fourth-order valence-electron chi connectivity index (χ4n) is 7.90. The standard InChI is InChI=1S/C49H54O24/c1-24(50)61-22-33-37(64-26(3)52)40(65-27(4)53)43(66-28(5)54)49(69-33)73-39-35(55)32(67-47(60)36(39)56)21-63-48-42(72-46(59)31-19-13-8-14-20-31)41(71-45(58)30-17-11-7-12-18-30)38(34(68-48)23-62-25(2)51)70-44(57)29-15-9-6-10-16-29/h6-20,32-43,47-49,55-56,60H,21-23H2,1-5H3/t32-,33-,34-,35-,36-,37-,38-,39+,40+,41+,42-,43-,47+,48-,49+/m1/s1. The average Bonchev–Trinajstić information content (AvgIpc) is 3.35. The van der Waals surface area contributed by atoms with Gasteiger partial charge in [0.05, 0.1) is 23.3 Å². The fourth-order valence-corrected chi connectivity index (χ4v) is 7.90. The largest absolute Gasteiger partial charge is 0.463 e. The van der Waals surface area contributed by atoms with Gasteiger partial charge in [-0.15, -0.1) is 0 Å². The van der Waals surface area contributed by atoms with Gasteiger partial charge in [-0.25, -0.2) is 14.4 Å². The summed E-state index contributed by atoms with van der Waals surface area (Å²) in [4.78, 5) is 103. The van der Waals surface area contributed by atoms with Crippen LogP contribution < -0.4 is 0 Å². The molecule has 0 aromatic heterocycles. The van der Waals surface area contributed by atoms with Gasteiger partial charge in [0.2, 0.25) is 0 Å². The SMILES string of the molecule is CC(=O)OC[C@H]1O[C@@H](O[C@@H]2[C@@H](O)[C@@H](O)O[C@H](CO[C@@H]3O[C@H](COC(C)=O)[C@@H](OC(=O)c4ccccc4)[C@H](OC(=O)c4ccccc4)[C@H]3OC(=O)c3ccccc3)[C@H]2O)[C@H](OC(C)=O)[C@@H](OC(C)=O)[C@@H]1OC(C)=O. The van der Waals surface area contributed by atoms with Crippen molar-refractivity contribution in [2.45, 2.75) is 127 Å². The minimum absolute atomic E-state index is 0.000378. The van der Waals surface area contributed by atoms with E-state index in [1.807, 2.05) is 0 Å². The molecule has 73 heavy (non-hydrogen) atoms. The second-order valence-corrected chi connectivity index (χ2v) is 16.6. The molecule has 3 heterocycles. The predicted molar refractivity (Wildman–Crippen MR) is 238 cm³/mol. The summed E-state index contributed by atoms with van der Waals surface area (Å²) in [7, 11) is 0. The Hall–Kier alpha value is -6.90. The minimum Gasteiger partial charge on any atom is -0.463 e. The Morgan fingerprint density at radius 2 is 0.767 bits per heavy atom. The molecule has 0 radical (unpaired) electrons. The van der Waals surface area contributed by atoms with Crippen LogP contribution in [0.4, 0.5) is 0 Å². The summed E-state index contributed by atoms with van der Waals surface area (Å²) in [5.74, 6) is -7.45. The van der Waals surface area contributed by atoms with Gasteiger partial charge >= 0.3 is 47.8 Å². The predicted octanol–water partition coefficient (Wildman–Crippen LogP) is 0.875. The highest BCUT2D eigenvalue weighted by Crippen LogP contribution is 2.35. The van der Waals surface area contributed by atoms with E-state index >= 15 is 0 Å². The smallest absolute Gasteiger partial charge is 0.338 e. The highest BCUT2D eigenvalue weighted by atomic mass is 16.8. The lowest BCUT2D eigenvalue weighted by molar-refractivity contribution is -0.362. The first-order valence-corrected chi connectivity index (χ1v) is 22.6. The number of esters is 8. The summed E-state index contributed by atoms with van der Waals surface area (Å²) in [5.41, 5.74) is 0.0562. The van der Waals surface area contributed by atoms with Crippen molar-refractivity contribution in [2.24, 2.45) is 0 Å². The molecule has 0 aliphatic carbocycles. The summed E-state index contributed by atoms with van der Waals surface area (Å²) in [6.45, 7) is 2.94. The molecule has 3 N–H and O–H groups in total. The average molecular weight is 1030 g/mol. The molecule has 0 amide bonds. The van der Waals surface area contributed by atoms with Crippen LogP contribution in [-0.4, -0.2) is 175 Å². The maximum absolute atomic E-state index is 13.9. The van der Waals surface area contributed by atoms with E-state index in [-0.39, 0.29) is 16.7 Å². The molecule has 0 saturated carbocycles. The first-order chi connectivity index (χ1) is 34.8. The Morgan fingerprint density at radius 1 is 0.397 bits per heavy atom. The van der Waals surface area contributed by atoms with Crippen LogP contribution in [-0.2, 0) is 85.6 Å². The molecular formula is C49H54O24. The molecule has 3 aromatic carbocycles. The van der Waals surface area contributed by atoms with Crippen molar-refractivity contribution >= 4 is 47.8 Å². The summed E-state index contributed by atoms with van der Waals surface area (Å²) in [6.07, 6.45) is -27.5. The Kier molecular flexibility index (Phi) is 19.5. The van der Waals surface area contributed by atoms with E-state index in [1.165, 1.54) is 48.5 Å². The van der Waals surface area contributed by atoms with Crippen molar-refractivity contribution in [1.29, 1.82) is 0 Å². The Labute approximate surface area is 416 Å². The maximum Gasteiger partial charge on any atom is 0.338 e. The van der Waals surface area contributed by atoms with Crippen LogP contribution in [0.5, 0.6) is 0 Å². The lowest BCUT2D eigenvalue weighted by Crippen LogP contribution is -2.66. The molecule has 3 aromatic rings. The lowest BCUT2D eigenvalue weighted by atomic mass is 9.96. The Morgan fingerprint density at radius 3 is 1.22 bits per heavy atom. The molecule has 0 unspecified atom stereocenters. The van der Waals surface area contributed by atoms with Crippen LogP contribution in [0.25, 0.3) is 0 Å². The van der Waals surface area contributed by atoms with Crippen molar-refractivity contribution in [3.8, 4) is 0 Å². The van der Waals surface area contributed by atoms with Gasteiger partial charge in [-0.3, -0.25) is 24.0 Å². The molecule has 3 aliphatic heterocycles. The zero-order valence-corrected chi connectivity index (χ0v) is 39.9. The molecular weight excluding hydrogens is 973 g/mol. The maximum atomic E-state index is 13.9. The number of benzene rings is 3. The first-order valence-electron chi connectivity index (χ1n) is 22.6. The number of aliphatic hydroxyl groups excluding tert-OH is 3. The molecule has 6 rings (SSSR count). The van der Waals surface area contributed by atoms with E-state index in [0.29, 0.717) is 0 Å². The number of ether oxygens (including phenoxy) is 13. The summed E-state index contributed by atoms with van der Waals surface area (Å²) in [6, 6.07) is 22.7. The van der Waals surface area contributed by atoms with E-state index in [9.17, 15) is 53.7 Å². The summed E-state index contributed by atoms with van der Waals surface area (Å²) in [5, 5.41) is 34.2. The molecule has 24 nitrogen and oxygen atoms in total. The number of carbonyl (C=O) groups excluding carboxylic acids is 8. The lowest BCUT2D eigenvalue weighted by Gasteiger charge is -2.47. The van der Waals surface area contributed by atoms with Gasteiger partial charge in [0.25, 0.3) is 0 Å². The normalized spacial score (nSPS) is 29.8. The molecule has 24 heteroatoms. The van der Waals surface area contributed by atoms with Crippen LogP contribution in [0.1, 0.15) is 65.7 Å². The van der Waals surface area contributed by atoms with E-state index < -0.39 is 160 Å². The van der Waals surface area contributed by atoms with Crippen molar-refractivity contribution < 1.29 is 115 Å². The van der Waals surface area contributed by atoms with Gasteiger partial charge in [0, 0.05) is 34.6 Å². The Bertz CT molecular complexity index is 2380. The third kappa shape index (κ3) is 14.9. The quantitative estimate of drug-likeness (QED) is 0.118. The molecule has 0 spiro atoms. The van der Waals surface area contributed by atoms with E-state index in [4.69, 9.17) is 61.6 Å². The summed E-state index contributed by atoms with van der Waals surface area (Å²) >= 11 is 0. The van der Waals surface area contributed by atoms with Gasteiger partial charge in [0.15, 0.2) is 55.5 Å².